The third-order valence-electron chi connectivity index (χ3n) is 2.30. The van der Waals surface area contributed by atoms with Crippen molar-refractivity contribution in [2.75, 3.05) is 0 Å². The molecule has 4 heteroatoms. The topological polar surface area (TPSA) is 55.1 Å². The first-order valence-corrected chi connectivity index (χ1v) is 4.98. The van der Waals surface area contributed by atoms with Gasteiger partial charge >= 0.3 is 5.69 Å². The summed E-state index contributed by atoms with van der Waals surface area (Å²) in [6, 6.07) is 10.9. The van der Waals surface area contributed by atoms with Crippen molar-refractivity contribution < 1.29 is 5.11 Å². The molecule has 0 saturated carbocycles. The first-order valence-electron chi connectivity index (χ1n) is 4.98. The van der Waals surface area contributed by atoms with Gasteiger partial charge in [0.25, 0.3) is 0 Å². The molecule has 0 aliphatic rings. The maximum absolute atomic E-state index is 11.6. The fraction of sp³-hybridized carbons (Fsp3) is 0.167. The van der Waals surface area contributed by atoms with E-state index in [1.807, 2.05) is 30.3 Å². The summed E-state index contributed by atoms with van der Waals surface area (Å²) in [6.07, 6.45) is 0. The van der Waals surface area contributed by atoms with Crippen molar-refractivity contribution in [3.05, 3.63) is 58.1 Å². The Morgan fingerprint density at radius 2 is 2.00 bits per heavy atom. The average Bonchev–Trinajstić information content (AvgIpc) is 2.25. The average molecular weight is 216 g/mol. The minimum atomic E-state index is -0.429. The lowest BCUT2D eigenvalue weighted by atomic mass is 10.2. The van der Waals surface area contributed by atoms with Gasteiger partial charge in [0.1, 0.15) is 0 Å². The molecule has 0 amide bonds. The van der Waals surface area contributed by atoms with Gasteiger partial charge < -0.3 is 5.11 Å². The molecule has 0 aliphatic carbocycles. The van der Waals surface area contributed by atoms with E-state index in [2.05, 4.69) is 4.98 Å². The second kappa shape index (κ2) is 4.18. The summed E-state index contributed by atoms with van der Waals surface area (Å²) in [5.41, 5.74) is 1.04. The molecule has 0 saturated heterocycles. The zero-order valence-corrected chi connectivity index (χ0v) is 8.92. The first kappa shape index (κ1) is 10.4. The van der Waals surface area contributed by atoms with E-state index in [-0.39, 0.29) is 5.88 Å². The van der Waals surface area contributed by atoms with Gasteiger partial charge in [0.2, 0.25) is 0 Å². The second-order valence-electron chi connectivity index (χ2n) is 3.61. The van der Waals surface area contributed by atoms with Gasteiger partial charge in [-0.25, -0.2) is 4.79 Å². The minimum Gasteiger partial charge on any atom is -0.494 e. The van der Waals surface area contributed by atoms with Crippen LogP contribution in [-0.2, 0) is 6.54 Å². The minimum absolute atomic E-state index is 0.0543. The molecule has 82 valence electrons. The number of rotatable bonds is 2. The largest absolute Gasteiger partial charge is 0.494 e. The van der Waals surface area contributed by atoms with Gasteiger partial charge in [0.15, 0.2) is 5.88 Å². The second-order valence-corrected chi connectivity index (χ2v) is 3.61. The lowest BCUT2D eigenvalue weighted by molar-refractivity contribution is 0.409. The number of hydrogen-bond acceptors (Lipinski definition) is 3. The summed E-state index contributed by atoms with van der Waals surface area (Å²) >= 11 is 0. The smallest absolute Gasteiger partial charge is 0.350 e. The predicted molar refractivity (Wildman–Crippen MR) is 60.4 cm³/mol. The van der Waals surface area contributed by atoms with Crippen LogP contribution in [0.4, 0.5) is 0 Å². The maximum Gasteiger partial charge on any atom is 0.350 e. The Kier molecular flexibility index (Phi) is 2.72. The summed E-state index contributed by atoms with van der Waals surface area (Å²) in [5.74, 6) is -0.0543. The van der Waals surface area contributed by atoms with Crippen LogP contribution in [-0.4, -0.2) is 14.7 Å². The van der Waals surface area contributed by atoms with Crippen LogP contribution in [0.2, 0.25) is 0 Å². The third-order valence-corrected chi connectivity index (χ3v) is 2.30. The van der Waals surface area contributed by atoms with Crippen molar-refractivity contribution in [1.82, 2.24) is 9.55 Å². The Morgan fingerprint density at radius 3 is 2.62 bits per heavy atom. The van der Waals surface area contributed by atoms with Crippen LogP contribution >= 0.6 is 0 Å². The van der Waals surface area contributed by atoms with Gasteiger partial charge in [-0.3, -0.25) is 4.57 Å². The van der Waals surface area contributed by atoms with Crippen molar-refractivity contribution in [2.45, 2.75) is 13.5 Å². The summed E-state index contributed by atoms with van der Waals surface area (Å²) in [4.78, 5) is 15.3. The van der Waals surface area contributed by atoms with Crippen molar-refractivity contribution >= 4 is 0 Å². The molecule has 2 aromatic rings. The van der Waals surface area contributed by atoms with E-state index in [1.165, 1.54) is 10.6 Å². The van der Waals surface area contributed by atoms with Crippen LogP contribution in [0.3, 0.4) is 0 Å². The van der Waals surface area contributed by atoms with Crippen LogP contribution in [0.5, 0.6) is 5.88 Å². The van der Waals surface area contributed by atoms with Gasteiger partial charge in [0.05, 0.1) is 6.54 Å². The first-order chi connectivity index (χ1) is 7.66. The lowest BCUT2D eigenvalue weighted by Gasteiger charge is -2.07. The molecule has 1 N–H and O–H groups in total. The zero-order chi connectivity index (χ0) is 11.5. The highest BCUT2D eigenvalue weighted by Gasteiger charge is 2.05. The van der Waals surface area contributed by atoms with Crippen molar-refractivity contribution in [1.29, 1.82) is 0 Å². The predicted octanol–water partition coefficient (Wildman–Crippen LogP) is 1.31. The SMILES string of the molecule is Cc1cc(O)n(Cc2ccccc2)c(=O)n1. The lowest BCUT2D eigenvalue weighted by Crippen LogP contribution is -2.23. The molecule has 0 bridgehead atoms. The quantitative estimate of drug-likeness (QED) is 0.823. The monoisotopic (exact) mass is 216 g/mol. The highest BCUT2D eigenvalue weighted by atomic mass is 16.3. The highest BCUT2D eigenvalue weighted by molar-refractivity contribution is 5.19. The van der Waals surface area contributed by atoms with E-state index in [1.54, 1.807) is 6.92 Å². The number of hydrogen-bond donors (Lipinski definition) is 1. The number of nitrogens with zero attached hydrogens (tertiary/aromatic N) is 2. The van der Waals surface area contributed by atoms with Crippen LogP contribution in [0.1, 0.15) is 11.3 Å². The van der Waals surface area contributed by atoms with E-state index < -0.39 is 5.69 Å². The highest BCUT2D eigenvalue weighted by Crippen LogP contribution is 2.09. The Bertz CT molecular complexity index is 547. The van der Waals surface area contributed by atoms with E-state index in [0.717, 1.165) is 5.56 Å². The number of aryl methyl sites for hydroxylation is 1. The molecule has 1 aromatic carbocycles. The summed E-state index contributed by atoms with van der Waals surface area (Å²) in [7, 11) is 0. The van der Waals surface area contributed by atoms with Crippen molar-refractivity contribution in [3.8, 4) is 5.88 Å². The van der Waals surface area contributed by atoms with Crippen LogP contribution < -0.4 is 5.69 Å². The van der Waals surface area contributed by atoms with Crippen LogP contribution in [0.25, 0.3) is 0 Å². The van der Waals surface area contributed by atoms with E-state index in [9.17, 15) is 9.90 Å². The van der Waals surface area contributed by atoms with Crippen LogP contribution in [0, 0.1) is 6.92 Å². The molecular weight excluding hydrogens is 204 g/mol. The molecule has 2 rings (SSSR count). The molecule has 4 nitrogen and oxygen atoms in total. The molecule has 0 radical (unpaired) electrons. The number of benzene rings is 1. The molecule has 0 atom stereocenters. The van der Waals surface area contributed by atoms with E-state index in [0.29, 0.717) is 12.2 Å². The zero-order valence-electron chi connectivity index (χ0n) is 8.92. The van der Waals surface area contributed by atoms with E-state index >= 15 is 0 Å². The van der Waals surface area contributed by atoms with Gasteiger partial charge in [0, 0.05) is 11.8 Å². The summed E-state index contributed by atoms with van der Waals surface area (Å²) < 4.78 is 1.24. The molecule has 0 spiro atoms. The van der Waals surface area contributed by atoms with Gasteiger partial charge in [-0.15, -0.1) is 0 Å². The summed E-state index contributed by atoms with van der Waals surface area (Å²) in [6.45, 7) is 2.01. The molecule has 0 fully saturated rings. The van der Waals surface area contributed by atoms with Gasteiger partial charge in [-0.05, 0) is 12.5 Å². The maximum atomic E-state index is 11.6. The molecule has 16 heavy (non-hydrogen) atoms. The number of aromatic nitrogens is 2. The molecule has 0 aliphatic heterocycles. The fourth-order valence-electron chi connectivity index (χ4n) is 1.52. The van der Waals surface area contributed by atoms with Crippen molar-refractivity contribution in [3.63, 3.8) is 0 Å². The molecular formula is C12H12N2O2. The van der Waals surface area contributed by atoms with E-state index in [4.69, 9.17) is 0 Å². The molecule has 1 heterocycles. The Balaban J connectivity index is 2.39. The van der Waals surface area contributed by atoms with Gasteiger partial charge in [-0.2, -0.15) is 4.98 Å². The Labute approximate surface area is 92.8 Å². The third kappa shape index (κ3) is 2.11. The van der Waals surface area contributed by atoms with Crippen LogP contribution in [0.15, 0.2) is 41.2 Å². The van der Waals surface area contributed by atoms with Gasteiger partial charge in [-0.1, -0.05) is 30.3 Å². The Hall–Kier alpha value is -2.10. The molecule has 1 aromatic heterocycles. The normalized spacial score (nSPS) is 10.3. The standard InChI is InChI=1S/C12H12N2O2/c1-9-7-11(15)14(12(16)13-9)8-10-5-3-2-4-6-10/h2-7,15H,8H2,1H3. The van der Waals surface area contributed by atoms with Crippen molar-refractivity contribution in [2.24, 2.45) is 0 Å². The summed E-state index contributed by atoms with van der Waals surface area (Å²) in [5, 5.41) is 9.66. The Morgan fingerprint density at radius 1 is 1.31 bits per heavy atom. The fourth-order valence-corrected chi connectivity index (χ4v) is 1.52. The number of aromatic hydroxyl groups is 1. The molecule has 0 unspecified atom stereocenters.